The van der Waals surface area contributed by atoms with Crippen LogP contribution < -0.4 is 4.40 Å². The molecule has 0 unspecified atom stereocenters. The molecule has 172 valence electrons. The normalized spacial score (nSPS) is 12.6. The average molecular weight is 508 g/mol. The first-order valence-electron chi connectivity index (χ1n) is 12.1. The van der Waals surface area contributed by atoms with Crippen LogP contribution in [0.4, 0.5) is 0 Å². The van der Waals surface area contributed by atoms with E-state index in [0.29, 0.717) is 0 Å². The van der Waals surface area contributed by atoms with E-state index >= 15 is 0 Å². The molecule has 0 aliphatic carbocycles. The number of rotatable bonds is 3. The standard InChI is InChI=1S/C31H33GeNO/c1-20-25-16-17-33-28(23-18-22-10-8-9-11-26(22)27(19-23)31(2,3)4)30(25)34-29(20)21-12-14-24(15-13-21)32(5,6)7/h8-19H,1-7H3. The molecule has 0 N–H and O–H groups in total. The van der Waals surface area contributed by atoms with Gasteiger partial charge in [0.05, 0.1) is 0 Å². The number of fused-ring (bicyclic) bond motifs is 2. The molecule has 0 radical (unpaired) electrons. The van der Waals surface area contributed by atoms with Crippen LogP contribution in [-0.2, 0) is 5.41 Å². The molecule has 5 aromatic rings. The van der Waals surface area contributed by atoms with Gasteiger partial charge in [-0.1, -0.05) is 39.0 Å². The zero-order valence-corrected chi connectivity index (χ0v) is 23.4. The summed E-state index contributed by atoms with van der Waals surface area (Å²) in [5.41, 5.74) is 6.51. The molecule has 0 aliphatic heterocycles. The van der Waals surface area contributed by atoms with Crippen LogP contribution in [0.2, 0.25) is 17.3 Å². The van der Waals surface area contributed by atoms with Crippen molar-refractivity contribution in [2.45, 2.75) is 50.4 Å². The van der Waals surface area contributed by atoms with Crippen molar-refractivity contribution in [2.24, 2.45) is 0 Å². The molecule has 3 heteroatoms. The van der Waals surface area contributed by atoms with Crippen LogP contribution in [-0.4, -0.2) is 18.3 Å². The maximum absolute atomic E-state index is 6.59. The van der Waals surface area contributed by atoms with Gasteiger partial charge in [0.15, 0.2) is 0 Å². The minimum absolute atomic E-state index is 0.0209. The van der Waals surface area contributed by atoms with E-state index in [1.54, 1.807) is 0 Å². The van der Waals surface area contributed by atoms with Gasteiger partial charge in [-0.15, -0.1) is 0 Å². The molecule has 0 spiro atoms. The molecule has 0 bridgehead atoms. The Morgan fingerprint density at radius 1 is 0.794 bits per heavy atom. The summed E-state index contributed by atoms with van der Waals surface area (Å²) in [7, 11) is 0. The van der Waals surface area contributed by atoms with E-state index in [9.17, 15) is 0 Å². The second-order valence-corrected chi connectivity index (χ2v) is 22.1. The van der Waals surface area contributed by atoms with E-state index in [4.69, 9.17) is 9.40 Å². The Hall–Kier alpha value is -2.85. The molecule has 0 aliphatic rings. The number of aryl methyl sites for hydroxylation is 1. The Kier molecular flexibility index (Phi) is 5.48. The predicted octanol–water partition coefficient (Wildman–Crippen LogP) is 8.47. The molecular formula is C31H33GeNO. The van der Waals surface area contributed by atoms with Crippen molar-refractivity contribution in [1.29, 1.82) is 0 Å². The fraction of sp³-hybridized carbons (Fsp3) is 0.258. The van der Waals surface area contributed by atoms with Crippen molar-refractivity contribution in [1.82, 2.24) is 4.98 Å². The van der Waals surface area contributed by atoms with Crippen molar-refractivity contribution < 1.29 is 4.42 Å². The Labute approximate surface area is 205 Å². The quantitative estimate of drug-likeness (QED) is 0.229. The van der Waals surface area contributed by atoms with Crippen LogP contribution in [0.3, 0.4) is 0 Å². The van der Waals surface area contributed by atoms with Gasteiger partial charge in [-0.3, -0.25) is 0 Å². The first-order chi connectivity index (χ1) is 16.0. The average Bonchev–Trinajstić information content (AvgIpc) is 3.14. The van der Waals surface area contributed by atoms with Crippen molar-refractivity contribution in [3.8, 4) is 22.6 Å². The summed E-state index contributed by atoms with van der Waals surface area (Å²) in [5, 5.41) is 3.66. The topological polar surface area (TPSA) is 26.0 Å². The van der Waals surface area contributed by atoms with Gasteiger partial charge in [0, 0.05) is 0 Å². The molecule has 0 fully saturated rings. The second kappa shape index (κ2) is 8.13. The Bertz CT molecular complexity index is 1510. The number of benzene rings is 3. The Balaban J connectivity index is 1.70. The number of nitrogens with zero attached hydrogens (tertiary/aromatic N) is 1. The fourth-order valence-electron chi connectivity index (χ4n) is 4.82. The third-order valence-electron chi connectivity index (χ3n) is 6.81. The van der Waals surface area contributed by atoms with Crippen LogP contribution in [0.5, 0.6) is 0 Å². The molecule has 5 rings (SSSR count). The fourth-order valence-corrected chi connectivity index (χ4v) is 7.27. The van der Waals surface area contributed by atoms with Crippen LogP contribution in [0.25, 0.3) is 44.3 Å². The van der Waals surface area contributed by atoms with E-state index < -0.39 is 13.3 Å². The van der Waals surface area contributed by atoms with Crippen molar-refractivity contribution in [2.75, 3.05) is 0 Å². The number of aromatic nitrogens is 1. The van der Waals surface area contributed by atoms with E-state index in [2.05, 4.69) is 112 Å². The van der Waals surface area contributed by atoms with E-state index in [1.807, 2.05) is 6.20 Å². The summed E-state index contributed by atoms with van der Waals surface area (Å²) in [5.74, 6) is 8.22. The minimum atomic E-state index is -1.85. The van der Waals surface area contributed by atoms with Crippen molar-refractivity contribution >= 4 is 39.4 Å². The molecule has 2 aromatic heterocycles. The molecular weight excluding hydrogens is 475 g/mol. The molecule has 2 nitrogen and oxygen atoms in total. The summed E-state index contributed by atoms with van der Waals surface area (Å²) in [6.45, 7) is 8.97. The molecule has 0 saturated carbocycles. The molecule has 0 amide bonds. The monoisotopic (exact) mass is 509 g/mol. The van der Waals surface area contributed by atoms with Gasteiger partial charge >= 0.3 is 167 Å². The number of pyridine rings is 1. The SMILES string of the molecule is Cc1c(-c2cc[c]([Ge]([CH3])([CH3])[CH3])cc2)oc2c(-c3cc(C(C)(C)C)c4ccccc4c3)nccc12. The summed E-state index contributed by atoms with van der Waals surface area (Å²) >= 11 is -1.85. The molecule has 34 heavy (non-hydrogen) atoms. The molecule has 2 heterocycles. The van der Waals surface area contributed by atoms with Gasteiger partial charge < -0.3 is 0 Å². The van der Waals surface area contributed by atoms with Crippen molar-refractivity contribution in [3.63, 3.8) is 0 Å². The zero-order chi connectivity index (χ0) is 24.3. The van der Waals surface area contributed by atoms with Gasteiger partial charge in [0.2, 0.25) is 0 Å². The van der Waals surface area contributed by atoms with Crippen LogP contribution in [0.1, 0.15) is 31.9 Å². The van der Waals surface area contributed by atoms with E-state index in [0.717, 1.165) is 33.6 Å². The Morgan fingerprint density at radius 2 is 1.50 bits per heavy atom. The summed E-state index contributed by atoms with van der Waals surface area (Å²) in [4.78, 5) is 4.82. The number of furan rings is 1. The van der Waals surface area contributed by atoms with Gasteiger partial charge in [0.25, 0.3) is 0 Å². The predicted molar refractivity (Wildman–Crippen MR) is 149 cm³/mol. The van der Waals surface area contributed by atoms with E-state index in [-0.39, 0.29) is 5.41 Å². The maximum atomic E-state index is 6.59. The van der Waals surface area contributed by atoms with Gasteiger partial charge in [-0.2, -0.15) is 0 Å². The first kappa shape index (κ1) is 22.9. The van der Waals surface area contributed by atoms with Crippen molar-refractivity contribution in [3.05, 3.63) is 84.1 Å². The van der Waals surface area contributed by atoms with Crippen LogP contribution in [0, 0.1) is 6.92 Å². The summed E-state index contributed by atoms with van der Waals surface area (Å²) in [6.07, 6.45) is 1.91. The number of hydrogen-bond acceptors (Lipinski definition) is 2. The van der Waals surface area contributed by atoms with E-state index in [1.165, 1.54) is 26.3 Å². The Morgan fingerprint density at radius 3 is 2.18 bits per heavy atom. The van der Waals surface area contributed by atoms with Gasteiger partial charge in [-0.25, -0.2) is 0 Å². The third-order valence-corrected chi connectivity index (χ3v) is 11.1. The van der Waals surface area contributed by atoms with Gasteiger partial charge in [-0.05, 0) is 0 Å². The van der Waals surface area contributed by atoms with Crippen LogP contribution in [0.15, 0.2) is 77.3 Å². The van der Waals surface area contributed by atoms with Gasteiger partial charge in [0.1, 0.15) is 0 Å². The molecule has 0 atom stereocenters. The molecule has 0 saturated heterocycles. The van der Waals surface area contributed by atoms with Crippen LogP contribution >= 0.6 is 0 Å². The third kappa shape index (κ3) is 3.98. The second-order valence-electron chi connectivity index (χ2n) is 11.4. The first-order valence-corrected chi connectivity index (χ1v) is 19.4. The molecule has 3 aromatic carbocycles. The summed E-state index contributed by atoms with van der Waals surface area (Å²) < 4.78 is 8.09. The number of hydrogen-bond donors (Lipinski definition) is 0. The zero-order valence-electron chi connectivity index (χ0n) is 21.3. The summed E-state index contributed by atoms with van der Waals surface area (Å²) in [6, 6.07) is 24.3.